The molecule has 23 heavy (non-hydrogen) atoms. The number of benzene rings is 2. The summed E-state index contributed by atoms with van der Waals surface area (Å²) in [6.07, 6.45) is -0.0627. The Kier molecular flexibility index (Phi) is 3.99. The summed E-state index contributed by atoms with van der Waals surface area (Å²) in [6, 6.07) is 13.0. The van der Waals surface area contributed by atoms with E-state index in [1.165, 1.54) is 0 Å². The van der Waals surface area contributed by atoms with Gasteiger partial charge in [-0.25, -0.2) is 0 Å². The van der Waals surface area contributed by atoms with Crippen molar-refractivity contribution in [3.8, 4) is 11.5 Å². The monoisotopic (exact) mass is 311 g/mol. The van der Waals surface area contributed by atoms with Gasteiger partial charge in [0.1, 0.15) is 11.5 Å². The van der Waals surface area contributed by atoms with Crippen LogP contribution in [-0.2, 0) is 11.2 Å². The second kappa shape index (κ2) is 5.95. The van der Waals surface area contributed by atoms with E-state index < -0.39 is 6.10 Å². The molecule has 1 aliphatic rings. The van der Waals surface area contributed by atoms with Crippen molar-refractivity contribution in [3.63, 3.8) is 0 Å². The van der Waals surface area contributed by atoms with Crippen molar-refractivity contribution in [2.45, 2.75) is 39.3 Å². The first-order valence-electron chi connectivity index (χ1n) is 7.84. The zero-order chi connectivity index (χ0) is 16.6. The van der Waals surface area contributed by atoms with Crippen LogP contribution in [0.1, 0.15) is 25.0 Å². The van der Waals surface area contributed by atoms with Gasteiger partial charge in [0.05, 0.1) is 5.69 Å². The standard InChI is InChI=1S/C19H21NO3/c1-12(2)20-16-8-7-15(21)11-17(16)23-18(19(20)22)10-14-6-4-5-13(3)9-14/h4-9,11-12,18,21H,10H2,1-3H3. The first-order valence-corrected chi connectivity index (χ1v) is 7.84. The fourth-order valence-corrected chi connectivity index (χ4v) is 2.99. The fraction of sp³-hybridized carbons (Fsp3) is 0.316. The number of carbonyl (C=O) groups is 1. The van der Waals surface area contributed by atoms with Crippen molar-refractivity contribution in [1.29, 1.82) is 0 Å². The Bertz CT molecular complexity index is 739. The van der Waals surface area contributed by atoms with Crippen molar-refractivity contribution in [2.24, 2.45) is 0 Å². The van der Waals surface area contributed by atoms with Crippen LogP contribution in [0.25, 0.3) is 0 Å². The number of amides is 1. The normalized spacial score (nSPS) is 17.1. The molecule has 2 aromatic rings. The molecule has 1 amide bonds. The Labute approximate surface area is 136 Å². The topological polar surface area (TPSA) is 49.8 Å². The van der Waals surface area contributed by atoms with E-state index in [0.717, 1.165) is 11.1 Å². The fourth-order valence-electron chi connectivity index (χ4n) is 2.99. The van der Waals surface area contributed by atoms with Crippen molar-refractivity contribution in [3.05, 3.63) is 53.6 Å². The molecule has 120 valence electrons. The Hall–Kier alpha value is -2.49. The first kappa shape index (κ1) is 15.4. The molecule has 0 fully saturated rings. The molecule has 4 heteroatoms. The van der Waals surface area contributed by atoms with E-state index in [2.05, 4.69) is 6.07 Å². The minimum Gasteiger partial charge on any atom is -0.508 e. The third kappa shape index (κ3) is 3.02. The summed E-state index contributed by atoms with van der Waals surface area (Å²) in [5.74, 6) is 0.645. The van der Waals surface area contributed by atoms with E-state index >= 15 is 0 Å². The smallest absolute Gasteiger partial charge is 0.268 e. The van der Waals surface area contributed by atoms with Gasteiger partial charge in [0.25, 0.3) is 5.91 Å². The number of fused-ring (bicyclic) bond motifs is 1. The van der Waals surface area contributed by atoms with Crippen molar-refractivity contribution < 1.29 is 14.6 Å². The number of nitrogens with zero attached hydrogens (tertiary/aromatic N) is 1. The lowest BCUT2D eigenvalue weighted by Gasteiger charge is -2.37. The molecular weight excluding hydrogens is 290 g/mol. The van der Waals surface area contributed by atoms with Gasteiger partial charge in [-0.05, 0) is 38.5 Å². The van der Waals surface area contributed by atoms with Crippen LogP contribution in [0.15, 0.2) is 42.5 Å². The molecule has 2 aromatic carbocycles. The number of aromatic hydroxyl groups is 1. The van der Waals surface area contributed by atoms with Crippen molar-refractivity contribution in [2.75, 3.05) is 4.90 Å². The molecule has 0 radical (unpaired) electrons. The third-order valence-corrected chi connectivity index (χ3v) is 4.01. The van der Waals surface area contributed by atoms with Crippen LogP contribution in [-0.4, -0.2) is 23.2 Å². The molecule has 3 rings (SSSR count). The molecule has 0 aromatic heterocycles. The van der Waals surface area contributed by atoms with Gasteiger partial charge in [0, 0.05) is 18.5 Å². The van der Waals surface area contributed by atoms with Crippen LogP contribution in [0, 0.1) is 6.92 Å². The van der Waals surface area contributed by atoms with E-state index in [0.29, 0.717) is 17.9 Å². The molecule has 1 aliphatic heterocycles. The number of hydrogen-bond donors (Lipinski definition) is 1. The molecule has 1 heterocycles. The van der Waals surface area contributed by atoms with Gasteiger partial charge in [-0.3, -0.25) is 4.79 Å². The summed E-state index contributed by atoms with van der Waals surface area (Å²) in [5, 5.41) is 9.71. The molecule has 0 saturated heterocycles. The minimum atomic E-state index is -0.575. The lowest BCUT2D eigenvalue weighted by molar-refractivity contribution is -0.126. The zero-order valence-corrected chi connectivity index (χ0v) is 13.6. The highest BCUT2D eigenvalue weighted by molar-refractivity contribution is 6.00. The van der Waals surface area contributed by atoms with Gasteiger partial charge in [-0.2, -0.15) is 0 Å². The highest BCUT2D eigenvalue weighted by Gasteiger charge is 2.36. The number of rotatable bonds is 3. The van der Waals surface area contributed by atoms with Gasteiger partial charge in [-0.15, -0.1) is 0 Å². The maximum absolute atomic E-state index is 12.8. The molecule has 0 spiro atoms. The quantitative estimate of drug-likeness (QED) is 0.944. The number of phenolic OH excluding ortho intramolecular Hbond substituents is 1. The average Bonchev–Trinajstić information content (AvgIpc) is 2.48. The number of aryl methyl sites for hydroxylation is 1. The summed E-state index contributed by atoms with van der Waals surface area (Å²) in [6.45, 7) is 5.98. The largest absolute Gasteiger partial charge is 0.508 e. The predicted octanol–water partition coefficient (Wildman–Crippen LogP) is 3.45. The molecule has 4 nitrogen and oxygen atoms in total. The molecule has 0 aliphatic carbocycles. The minimum absolute atomic E-state index is 0.0229. The van der Waals surface area contributed by atoms with Crippen molar-refractivity contribution >= 4 is 11.6 Å². The lowest BCUT2D eigenvalue weighted by Crippen LogP contribution is -2.49. The third-order valence-electron chi connectivity index (χ3n) is 4.01. The SMILES string of the molecule is Cc1cccc(CC2Oc3cc(O)ccc3N(C(C)C)C2=O)c1. The number of carbonyl (C=O) groups excluding carboxylic acids is 1. The van der Waals surface area contributed by atoms with Crippen LogP contribution in [0.5, 0.6) is 11.5 Å². The summed E-state index contributed by atoms with van der Waals surface area (Å²) in [5.41, 5.74) is 2.93. The number of phenols is 1. The highest BCUT2D eigenvalue weighted by Crippen LogP contribution is 2.38. The Balaban J connectivity index is 1.95. The molecular formula is C19H21NO3. The van der Waals surface area contributed by atoms with E-state index in [-0.39, 0.29) is 17.7 Å². The second-order valence-corrected chi connectivity index (χ2v) is 6.25. The summed E-state index contributed by atoms with van der Waals surface area (Å²) >= 11 is 0. The maximum atomic E-state index is 12.8. The van der Waals surface area contributed by atoms with Crippen LogP contribution in [0.2, 0.25) is 0 Å². The van der Waals surface area contributed by atoms with E-state index in [1.807, 2.05) is 39.0 Å². The molecule has 0 bridgehead atoms. The number of anilines is 1. The van der Waals surface area contributed by atoms with Gasteiger partial charge in [0.2, 0.25) is 0 Å². The molecule has 1 atom stereocenters. The molecule has 1 unspecified atom stereocenters. The summed E-state index contributed by atoms with van der Waals surface area (Å²) in [4.78, 5) is 14.6. The summed E-state index contributed by atoms with van der Waals surface area (Å²) < 4.78 is 5.90. The Morgan fingerprint density at radius 2 is 2.00 bits per heavy atom. The second-order valence-electron chi connectivity index (χ2n) is 6.25. The average molecular weight is 311 g/mol. The number of ether oxygens (including phenoxy) is 1. The summed E-state index contributed by atoms with van der Waals surface area (Å²) in [7, 11) is 0. The van der Waals surface area contributed by atoms with Crippen molar-refractivity contribution in [1.82, 2.24) is 0 Å². The van der Waals surface area contributed by atoms with Crippen LogP contribution >= 0.6 is 0 Å². The van der Waals surface area contributed by atoms with Gasteiger partial charge < -0.3 is 14.7 Å². The van der Waals surface area contributed by atoms with Gasteiger partial charge >= 0.3 is 0 Å². The molecule has 1 N–H and O–H groups in total. The van der Waals surface area contributed by atoms with E-state index in [9.17, 15) is 9.90 Å². The lowest BCUT2D eigenvalue weighted by atomic mass is 10.0. The maximum Gasteiger partial charge on any atom is 0.268 e. The Morgan fingerprint density at radius 3 is 2.70 bits per heavy atom. The first-order chi connectivity index (χ1) is 11.0. The molecule has 0 saturated carbocycles. The van der Waals surface area contributed by atoms with Gasteiger partial charge in [-0.1, -0.05) is 29.8 Å². The van der Waals surface area contributed by atoms with Crippen LogP contribution in [0.4, 0.5) is 5.69 Å². The van der Waals surface area contributed by atoms with Crippen LogP contribution in [0.3, 0.4) is 0 Å². The number of hydrogen-bond acceptors (Lipinski definition) is 3. The predicted molar refractivity (Wildman–Crippen MR) is 90.0 cm³/mol. The highest BCUT2D eigenvalue weighted by atomic mass is 16.5. The van der Waals surface area contributed by atoms with E-state index in [4.69, 9.17) is 4.74 Å². The zero-order valence-electron chi connectivity index (χ0n) is 13.6. The van der Waals surface area contributed by atoms with Gasteiger partial charge in [0.15, 0.2) is 6.10 Å². The Morgan fingerprint density at radius 1 is 1.22 bits per heavy atom. The van der Waals surface area contributed by atoms with E-state index in [1.54, 1.807) is 23.1 Å². The van der Waals surface area contributed by atoms with Crippen LogP contribution < -0.4 is 9.64 Å².